The lowest BCUT2D eigenvalue weighted by Gasteiger charge is -2.11. The Morgan fingerprint density at radius 2 is 2.00 bits per heavy atom. The van der Waals surface area contributed by atoms with Gasteiger partial charge >= 0.3 is 0 Å². The molecule has 0 fully saturated rings. The fraction of sp³-hybridized carbons (Fsp3) is 0.391. The van der Waals surface area contributed by atoms with E-state index < -0.39 is 0 Å². The molecule has 0 aromatic carbocycles. The molecule has 0 bridgehead atoms. The topological polar surface area (TPSA) is 84.2 Å². The summed E-state index contributed by atoms with van der Waals surface area (Å²) < 4.78 is 1.50. The highest BCUT2D eigenvalue weighted by molar-refractivity contribution is 6.29. The van der Waals surface area contributed by atoms with Crippen molar-refractivity contribution < 1.29 is 0 Å². The van der Waals surface area contributed by atoms with Crippen molar-refractivity contribution in [3.8, 4) is 0 Å². The highest BCUT2D eigenvalue weighted by Crippen LogP contribution is 2.06. The van der Waals surface area contributed by atoms with Crippen LogP contribution in [0.4, 0.5) is 5.82 Å². The molecule has 2 N–H and O–H groups in total. The minimum absolute atomic E-state index is 0.225. The van der Waals surface area contributed by atoms with Crippen molar-refractivity contribution in [2.75, 3.05) is 32.0 Å². The molecule has 2 aromatic rings. The third-order valence-corrected chi connectivity index (χ3v) is 4.01. The summed E-state index contributed by atoms with van der Waals surface area (Å²) in [5, 5.41) is 6.59. The Hall–Kier alpha value is -2.77. The summed E-state index contributed by atoms with van der Waals surface area (Å²) in [5.41, 5.74) is 0.734. The first-order valence-corrected chi connectivity index (χ1v) is 10.8. The maximum atomic E-state index is 12.5. The van der Waals surface area contributed by atoms with E-state index in [1.807, 2.05) is 51.1 Å². The molecule has 0 aliphatic carbocycles. The van der Waals surface area contributed by atoms with Crippen molar-refractivity contribution in [1.82, 2.24) is 19.9 Å². The quantitative estimate of drug-likeness (QED) is 0.327. The molecule has 2 aromatic heterocycles. The minimum atomic E-state index is -0.225. The van der Waals surface area contributed by atoms with Gasteiger partial charge in [0.2, 0.25) is 0 Å². The van der Waals surface area contributed by atoms with Crippen molar-refractivity contribution in [2.45, 2.75) is 33.7 Å². The van der Waals surface area contributed by atoms with Crippen LogP contribution in [0, 0.1) is 0 Å². The second-order valence-corrected chi connectivity index (χ2v) is 6.16. The Morgan fingerprint density at radius 1 is 1.26 bits per heavy atom. The first-order chi connectivity index (χ1) is 15.1. The number of allylic oxidation sites excluding steroid dienone is 2. The van der Waals surface area contributed by atoms with E-state index in [0.717, 1.165) is 5.69 Å². The smallest absolute Gasteiger partial charge is 0.294 e. The fourth-order valence-electron chi connectivity index (χ4n) is 2.19. The van der Waals surface area contributed by atoms with Gasteiger partial charge in [-0.05, 0) is 25.3 Å². The van der Waals surface area contributed by atoms with Gasteiger partial charge in [-0.25, -0.2) is 4.98 Å². The number of anilines is 1. The molecule has 31 heavy (non-hydrogen) atoms. The third kappa shape index (κ3) is 12.5. The Balaban J connectivity index is 0.00000134. The van der Waals surface area contributed by atoms with Gasteiger partial charge in [-0.2, -0.15) is 0 Å². The summed E-state index contributed by atoms with van der Waals surface area (Å²) in [6.07, 6.45) is 11.2. The molecule has 0 atom stereocenters. The summed E-state index contributed by atoms with van der Waals surface area (Å²) in [7, 11) is 1.75. The average molecular weight is 447 g/mol. The zero-order valence-electron chi connectivity index (χ0n) is 19.0. The van der Waals surface area contributed by atoms with Crippen molar-refractivity contribution in [1.29, 1.82) is 0 Å². The first kappa shape index (κ1) is 28.2. The molecular formula is C23H35ClN6O. The van der Waals surface area contributed by atoms with Gasteiger partial charge in [0.15, 0.2) is 5.82 Å². The van der Waals surface area contributed by atoms with Crippen LogP contribution < -0.4 is 16.2 Å². The monoisotopic (exact) mass is 446 g/mol. The van der Waals surface area contributed by atoms with Crippen LogP contribution in [0.3, 0.4) is 0 Å². The van der Waals surface area contributed by atoms with Crippen molar-refractivity contribution in [3.05, 3.63) is 76.6 Å². The van der Waals surface area contributed by atoms with E-state index in [0.29, 0.717) is 43.6 Å². The number of nitrogens with zero attached hydrogens (tertiary/aromatic N) is 4. The molecule has 2 rings (SSSR count). The number of hydrogen-bond donors (Lipinski definition) is 2. The summed E-state index contributed by atoms with van der Waals surface area (Å²) >= 11 is 6.10. The van der Waals surface area contributed by atoms with E-state index in [-0.39, 0.29) is 5.56 Å². The van der Waals surface area contributed by atoms with Crippen LogP contribution in [0.1, 0.15) is 26.5 Å². The van der Waals surface area contributed by atoms with Crippen LogP contribution in [0.15, 0.2) is 65.2 Å². The molecular weight excluding hydrogens is 412 g/mol. The maximum Gasteiger partial charge on any atom is 0.294 e. The largest absolute Gasteiger partial charge is 0.365 e. The van der Waals surface area contributed by atoms with Crippen LogP contribution in [-0.4, -0.2) is 47.4 Å². The van der Waals surface area contributed by atoms with Gasteiger partial charge in [0.25, 0.3) is 5.56 Å². The van der Waals surface area contributed by atoms with Crippen LogP contribution in [0.2, 0.25) is 5.15 Å². The Morgan fingerprint density at radius 3 is 2.61 bits per heavy atom. The number of halogens is 1. The maximum absolute atomic E-state index is 12.5. The van der Waals surface area contributed by atoms with E-state index in [9.17, 15) is 4.79 Å². The molecule has 0 spiro atoms. The summed E-state index contributed by atoms with van der Waals surface area (Å²) in [6.45, 7) is 11.9. The van der Waals surface area contributed by atoms with E-state index in [2.05, 4.69) is 32.2 Å². The lowest BCUT2D eigenvalue weighted by atomic mass is 10.3. The molecule has 8 heteroatoms. The second-order valence-electron chi connectivity index (χ2n) is 5.77. The van der Waals surface area contributed by atoms with Gasteiger partial charge in [-0.1, -0.05) is 56.3 Å². The molecule has 0 radical (unpaired) electrons. The number of nitrogens with one attached hydrogen (secondary N) is 2. The van der Waals surface area contributed by atoms with Gasteiger partial charge in [0, 0.05) is 51.5 Å². The lowest BCUT2D eigenvalue weighted by molar-refractivity contribution is 0.607. The van der Waals surface area contributed by atoms with Crippen LogP contribution in [0.5, 0.6) is 0 Å². The molecule has 2 heterocycles. The van der Waals surface area contributed by atoms with Gasteiger partial charge < -0.3 is 15.6 Å². The zero-order valence-corrected chi connectivity index (χ0v) is 19.8. The van der Waals surface area contributed by atoms with E-state index in [1.54, 1.807) is 25.5 Å². The van der Waals surface area contributed by atoms with Crippen LogP contribution >= 0.6 is 11.6 Å². The molecule has 0 aliphatic heterocycles. The molecule has 7 nitrogen and oxygen atoms in total. The molecule has 0 saturated heterocycles. The van der Waals surface area contributed by atoms with E-state index in [1.165, 1.54) is 10.8 Å². The first-order valence-electron chi connectivity index (χ1n) is 10.4. The second kappa shape index (κ2) is 19.2. The average Bonchev–Trinajstić information content (AvgIpc) is 2.81. The number of rotatable bonds is 10. The van der Waals surface area contributed by atoms with Crippen molar-refractivity contribution in [3.63, 3.8) is 0 Å². The normalized spacial score (nSPS) is 10.2. The van der Waals surface area contributed by atoms with E-state index >= 15 is 0 Å². The Labute approximate surface area is 191 Å². The van der Waals surface area contributed by atoms with E-state index in [4.69, 9.17) is 11.6 Å². The highest BCUT2D eigenvalue weighted by atomic mass is 35.5. The predicted octanol–water partition coefficient (Wildman–Crippen LogP) is 4.01. The molecule has 0 amide bonds. The molecule has 170 valence electrons. The van der Waals surface area contributed by atoms with Gasteiger partial charge in [0.1, 0.15) is 5.15 Å². The van der Waals surface area contributed by atoms with Crippen molar-refractivity contribution >= 4 is 23.6 Å². The standard InChI is InChI=1S/C18H22ClN5O.C3H7N.C2H6/c1-2-3-5-9-20-12-13-24-16(19)14-23-17(18(24)25)22-11-8-15-7-4-6-10-21-15;1-3-4-2;1-2/h2-7,10,14,20H,1,8-9,11-13H2,(H,22,23);3H,1-2H3;1-2H3/b5-3+;;. The third-order valence-electron chi connectivity index (χ3n) is 3.71. The minimum Gasteiger partial charge on any atom is -0.365 e. The van der Waals surface area contributed by atoms with Gasteiger partial charge in [-0.15, -0.1) is 0 Å². The number of pyridine rings is 1. The fourth-order valence-corrected chi connectivity index (χ4v) is 2.40. The molecule has 0 aliphatic rings. The summed E-state index contributed by atoms with van der Waals surface area (Å²) in [5.74, 6) is 0.298. The molecule has 0 unspecified atom stereocenters. The van der Waals surface area contributed by atoms with Gasteiger partial charge in [-0.3, -0.25) is 14.3 Å². The SMILES string of the molecule is C=C/C=C/CNCCn1c(Cl)cnc(NCCc2ccccn2)c1=O.CC.CC=NC. The predicted molar refractivity (Wildman–Crippen MR) is 134 cm³/mol. The van der Waals surface area contributed by atoms with Crippen molar-refractivity contribution in [2.24, 2.45) is 4.99 Å². The highest BCUT2D eigenvalue weighted by Gasteiger charge is 2.08. The Kier molecular flexibility index (Phi) is 17.5. The van der Waals surface area contributed by atoms with Gasteiger partial charge in [0.05, 0.1) is 6.20 Å². The van der Waals surface area contributed by atoms with Crippen LogP contribution in [-0.2, 0) is 13.0 Å². The number of hydrogen-bond acceptors (Lipinski definition) is 6. The number of aliphatic imine (C=N–C) groups is 1. The summed E-state index contributed by atoms with van der Waals surface area (Å²) in [4.78, 5) is 24.4. The Bertz CT molecular complexity index is 830. The number of aromatic nitrogens is 3. The summed E-state index contributed by atoms with van der Waals surface area (Å²) in [6, 6.07) is 5.76. The lowest BCUT2D eigenvalue weighted by Crippen LogP contribution is -2.30. The van der Waals surface area contributed by atoms with Crippen LogP contribution in [0.25, 0.3) is 0 Å². The zero-order chi connectivity index (χ0) is 23.3. The molecule has 0 saturated carbocycles.